The molecule has 1 unspecified atom stereocenters. The van der Waals surface area contributed by atoms with Crippen molar-refractivity contribution in [3.63, 3.8) is 0 Å². The fourth-order valence-electron chi connectivity index (χ4n) is 3.60. The Morgan fingerprint density at radius 1 is 1.08 bits per heavy atom. The minimum Gasteiger partial charge on any atom is -0.350 e. The monoisotopic (exact) mass is 350 g/mol. The average molecular weight is 350 g/mol. The van der Waals surface area contributed by atoms with Gasteiger partial charge in [0.25, 0.3) is 5.91 Å². The van der Waals surface area contributed by atoms with Crippen LogP contribution >= 0.6 is 11.3 Å². The molecule has 1 N–H and O–H groups in total. The van der Waals surface area contributed by atoms with E-state index in [9.17, 15) is 4.79 Å². The Labute approximate surface area is 152 Å². The Morgan fingerprint density at radius 3 is 2.64 bits per heavy atom. The highest BCUT2D eigenvalue weighted by molar-refractivity contribution is 7.07. The molecular weight excluding hydrogens is 328 g/mol. The van der Waals surface area contributed by atoms with Crippen LogP contribution in [0.5, 0.6) is 0 Å². The highest BCUT2D eigenvalue weighted by Gasteiger charge is 2.24. The van der Waals surface area contributed by atoms with E-state index in [1.807, 2.05) is 36.4 Å². The lowest BCUT2D eigenvalue weighted by molar-refractivity contribution is 0.0938. The summed E-state index contributed by atoms with van der Waals surface area (Å²) in [6.07, 6.45) is 2.50. The van der Waals surface area contributed by atoms with Crippen molar-refractivity contribution in [3.05, 3.63) is 70.4 Å². The van der Waals surface area contributed by atoms with Gasteiger partial charge in [-0.25, -0.2) is 0 Å². The molecule has 1 atom stereocenters. The van der Waals surface area contributed by atoms with Crippen molar-refractivity contribution in [2.75, 3.05) is 19.6 Å². The first-order chi connectivity index (χ1) is 12.3. The molecule has 1 aliphatic heterocycles. The summed E-state index contributed by atoms with van der Waals surface area (Å²) in [5, 5.41) is 9.73. The molecule has 1 saturated heterocycles. The maximum atomic E-state index is 12.7. The summed E-state index contributed by atoms with van der Waals surface area (Å²) in [7, 11) is 0. The standard InChI is InChI=1S/C21H22N2OS/c24-21(18-8-7-16-5-1-2-6-17(16)13-18)22-14-20(19-9-12-25-15-19)23-10-3-4-11-23/h1-2,5-9,12-13,15,20H,3-4,10-11,14H2,(H,22,24). The van der Waals surface area contributed by atoms with E-state index in [2.05, 4.69) is 33.1 Å². The number of thiophene rings is 1. The molecule has 0 radical (unpaired) electrons. The van der Waals surface area contributed by atoms with Gasteiger partial charge >= 0.3 is 0 Å². The van der Waals surface area contributed by atoms with Crippen molar-refractivity contribution < 1.29 is 4.79 Å². The predicted molar refractivity (Wildman–Crippen MR) is 104 cm³/mol. The summed E-state index contributed by atoms with van der Waals surface area (Å²) in [4.78, 5) is 15.1. The third kappa shape index (κ3) is 3.60. The number of nitrogens with zero attached hydrogens (tertiary/aromatic N) is 1. The van der Waals surface area contributed by atoms with Crippen LogP contribution in [0.1, 0.15) is 34.8 Å². The zero-order valence-corrected chi connectivity index (χ0v) is 15.0. The van der Waals surface area contributed by atoms with Crippen LogP contribution in [0.25, 0.3) is 10.8 Å². The average Bonchev–Trinajstić information content (AvgIpc) is 3.36. The number of benzene rings is 2. The van der Waals surface area contributed by atoms with Crippen LogP contribution in [0, 0.1) is 0 Å². The number of nitrogens with one attached hydrogen (secondary N) is 1. The molecule has 1 aliphatic rings. The number of likely N-dealkylation sites (tertiary alicyclic amines) is 1. The fourth-order valence-corrected chi connectivity index (χ4v) is 4.30. The highest BCUT2D eigenvalue weighted by Crippen LogP contribution is 2.26. The molecule has 1 amide bonds. The topological polar surface area (TPSA) is 32.3 Å². The summed E-state index contributed by atoms with van der Waals surface area (Å²) in [5.41, 5.74) is 2.04. The number of hydrogen-bond acceptors (Lipinski definition) is 3. The summed E-state index contributed by atoms with van der Waals surface area (Å²) >= 11 is 1.72. The van der Waals surface area contributed by atoms with Gasteiger partial charge in [-0.2, -0.15) is 11.3 Å². The molecule has 1 aromatic heterocycles. The second kappa shape index (κ2) is 7.38. The predicted octanol–water partition coefficient (Wildman–Crippen LogP) is 4.47. The van der Waals surface area contributed by atoms with Crippen molar-refractivity contribution in [2.45, 2.75) is 18.9 Å². The van der Waals surface area contributed by atoms with E-state index in [1.54, 1.807) is 11.3 Å². The van der Waals surface area contributed by atoms with Gasteiger partial charge in [-0.05, 0) is 71.2 Å². The Hall–Kier alpha value is -2.17. The molecule has 3 nitrogen and oxygen atoms in total. The lowest BCUT2D eigenvalue weighted by Gasteiger charge is -2.27. The van der Waals surface area contributed by atoms with Gasteiger partial charge in [0.15, 0.2) is 0 Å². The summed E-state index contributed by atoms with van der Waals surface area (Å²) in [6.45, 7) is 2.89. The lowest BCUT2D eigenvalue weighted by Crippen LogP contribution is -2.36. The maximum Gasteiger partial charge on any atom is 0.251 e. The smallest absolute Gasteiger partial charge is 0.251 e. The van der Waals surface area contributed by atoms with Gasteiger partial charge in [0.2, 0.25) is 0 Å². The quantitative estimate of drug-likeness (QED) is 0.736. The maximum absolute atomic E-state index is 12.7. The molecule has 2 aromatic carbocycles. The summed E-state index contributed by atoms with van der Waals surface area (Å²) in [6, 6.07) is 16.5. The molecule has 1 fully saturated rings. The van der Waals surface area contributed by atoms with Gasteiger partial charge in [0.1, 0.15) is 0 Å². The van der Waals surface area contributed by atoms with Crippen LogP contribution in [0.15, 0.2) is 59.3 Å². The second-order valence-corrected chi connectivity index (χ2v) is 7.37. The minimum absolute atomic E-state index is 0.00480. The van der Waals surface area contributed by atoms with Crippen molar-refractivity contribution in [1.82, 2.24) is 10.2 Å². The Morgan fingerprint density at radius 2 is 1.88 bits per heavy atom. The second-order valence-electron chi connectivity index (χ2n) is 6.59. The van der Waals surface area contributed by atoms with Gasteiger partial charge in [-0.15, -0.1) is 0 Å². The Bertz CT molecular complexity index is 853. The summed E-state index contributed by atoms with van der Waals surface area (Å²) < 4.78 is 0. The molecule has 0 bridgehead atoms. The largest absolute Gasteiger partial charge is 0.350 e. The molecule has 2 heterocycles. The van der Waals surface area contributed by atoms with Gasteiger partial charge in [-0.3, -0.25) is 9.69 Å². The van der Waals surface area contributed by atoms with Crippen molar-refractivity contribution in [3.8, 4) is 0 Å². The molecule has 3 aromatic rings. The molecule has 4 rings (SSSR count). The summed E-state index contributed by atoms with van der Waals surface area (Å²) in [5.74, 6) is 0.00480. The highest BCUT2D eigenvalue weighted by atomic mass is 32.1. The molecule has 0 saturated carbocycles. The number of rotatable bonds is 5. The zero-order chi connectivity index (χ0) is 17.1. The molecular formula is C21H22N2OS. The van der Waals surface area contributed by atoms with Crippen LogP contribution in [0.4, 0.5) is 0 Å². The molecule has 25 heavy (non-hydrogen) atoms. The van der Waals surface area contributed by atoms with E-state index in [-0.39, 0.29) is 11.9 Å². The number of fused-ring (bicyclic) bond motifs is 1. The van der Waals surface area contributed by atoms with Crippen LogP contribution < -0.4 is 5.32 Å². The Kier molecular flexibility index (Phi) is 4.81. The van der Waals surface area contributed by atoms with E-state index in [0.717, 1.165) is 29.4 Å². The minimum atomic E-state index is 0.00480. The van der Waals surface area contributed by atoms with Crippen LogP contribution in [-0.2, 0) is 0 Å². The van der Waals surface area contributed by atoms with Crippen LogP contribution in [-0.4, -0.2) is 30.4 Å². The lowest BCUT2D eigenvalue weighted by atomic mass is 10.1. The van der Waals surface area contributed by atoms with Gasteiger partial charge in [0.05, 0.1) is 6.04 Å². The zero-order valence-electron chi connectivity index (χ0n) is 14.2. The molecule has 4 heteroatoms. The third-order valence-corrected chi connectivity index (χ3v) is 5.68. The molecule has 128 valence electrons. The molecule has 0 spiro atoms. The van der Waals surface area contributed by atoms with E-state index in [4.69, 9.17) is 0 Å². The van der Waals surface area contributed by atoms with E-state index in [1.165, 1.54) is 18.4 Å². The van der Waals surface area contributed by atoms with Crippen molar-refractivity contribution >= 4 is 28.0 Å². The van der Waals surface area contributed by atoms with Crippen LogP contribution in [0.2, 0.25) is 0 Å². The SMILES string of the molecule is O=C(NCC(c1ccsc1)N1CCCC1)c1ccc2ccccc2c1. The number of carbonyl (C=O) groups excluding carboxylic acids is 1. The van der Waals surface area contributed by atoms with Crippen molar-refractivity contribution in [1.29, 1.82) is 0 Å². The molecule has 0 aliphatic carbocycles. The first kappa shape index (κ1) is 16.3. The first-order valence-corrected chi connectivity index (χ1v) is 9.79. The van der Waals surface area contributed by atoms with Gasteiger partial charge in [0, 0.05) is 12.1 Å². The number of carbonyl (C=O) groups is 1. The third-order valence-electron chi connectivity index (χ3n) is 4.98. The number of amides is 1. The normalized spacial score (nSPS) is 16.2. The van der Waals surface area contributed by atoms with E-state index < -0.39 is 0 Å². The number of hydrogen-bond donors (Lipinski definition) is 1. The van der Waals surface area contributed by atoms with Gasteiger partial charge < -0.3 is 5.32 Å². The van der Waals surface area contributed by atoms with Gasteiger partial charge in [-0.1, -0.05) is 30.3 Å². The van der Waals surface area contributed by atoms with Crippen LogP contribution in [0.3, 0.4) is 0 Å². The van der Waals surface area contributed by atoms with E-state index in [0.29, 0.717) is 6.54 Å². The van der Waals surface area contributed by atoms with E-state index >= 15 is 0 Å². The first-order valence-electron chi connectivity index (χ1n) is 8.84. The Balaban J connectivity index is 1.48. The van der Waals surface area contributed by atoms with Crippen molar-refractivity contribution in [2.24, 2.45) is 0 Å². The fraction of sp³-hybridized carbons (Fsp3) is 0.286.